The van der Waals surface area contributed by atoms with Gasteiger partial charge in [-0.3, -0.25) is 19.6 Å². The maximum Gasteiger partial charge on any atom is 0.416 e. The predicted molar refractivity (Wildman–Crippen MR) is 144 cm³/mol. The largest absolute Gasteiger partial charge is 0.509 e. The maximum absolute atomic E-state index is 13.5. The Bertz CT molecular complexity index is 1240. The molecule has 1 fully saturated rings. The van der Waals surface area contributed by atoms with Crippen molar-refractivity contribution in [1.29, 1.82) is 0 Å². The molecule has 11 heteroatoms. The average molecular weight is 628 g/mol. The molecule has 1 saturated carbocycles. The topological polar surface area (TPSA) is 85.2 Å². The molecule has 1 aliphatic heterocycles. The van der Waals surface area contributed by atoms with Gasteiger partial charge in [0.15, 0.2) is 0 Å². The van der Waals surface area contributed by atoms with E-state index in [1.165, 1.54) is 24.2 Å². The van der Waals surface area contributed by atoms with Crippen LogP contribution in [0.25, 0.3) is 0 Å². The zero-order valence-corrected chi connectivity index (χ0v) is 22.9. The minimum Gasteiger partial charge on any atom is -0.509 e. The van der Waals surface area contributed by atoms with Crippen LogP contribution in [0.15, 0.2) is 62.6 Å². The van der Waals surface area contributed by atoms with Gasteiger partial charge in [-0.1, -0.05) is 13.5 Å². The van der Waals surface area contributed by atoms with E-state index >= 15 is 0 Å². The van der Waals surface area contributed by atoms with Crippen molar-refractivity contribution in [3.05, 3.63) is 68.7 Å². The second-order valence-corrected chi connectivity index (χ2v) is 10.0. The van der Waals surface area contributed by atoms with Gasteiger partial charge in [0.05, 0.1) is 22.5 Å². The molecule has 0 bridgehead atoms. The fourth-order valence-corrected chi connectivity index (χ4v) is 5.00. The quantitative estimate of drug-likeness (QED) is 0.136. The van der Waals surface area contributed by atoms with Gasteiger partial charge in [-0.05, 0) is 78.6 Å². The summed E-state index contributed by atoms with van der Waals surface area (Å²) in [6.45, 7) is 5.72. The molecule has 2 amide bonds. The number of allylic oxidation sites excluding steroid dienone is 3. The van der Waals surface area contributed by atoms with Crippen LogP contribution in [0.1, 0.15) is 43.7 Å². The van der Waals surface area contributed by atoms with Gasteiger partial charge in [0, 0.05) is 29.8 Å². The summed E-state index contributed by atoms with van der Waals surface area (Å²) in [4.78, 5) is 30.8. The van der Waals surface area contributed by atoms with Crippen molar-refractivity contribution in [3.8, 4) is 0 Å². The number of hydrogen-bond donors (Lipinski definition) is 2. The number of aliphatic hydroxyl groups is 1. The van der Waals surface area contributed by atoms with Crippen molar-refractivity contribution in [2.75, 3.05) is 26.0 Å². The first-order chi connectivity index (χ1) is 17.4. The molecule has 1 spiro atoms. The summed E-state index contributed by atoms with van der Waals surface area (Å²) >= 11 is 1.95. The van der Waals surface area contributed by atoms with Gasteiger partial charge in [-0.2, -0.15) is 13.2 Å². The van der Waals surface area contributed by atoms with E-state index < -0.39 is 34.7 Å². The van der Waals surface area contributed by atoms with Crippen LogP contribution in [0.3, 0.4) is 0 Å². The molecule has 0 unspecified atom stereocenters. The highest BCUT2D eigenvalue weighted by molar-refractivity contribution is 14.1. The number of aliphatic hydroxyl groups excluding tert-OH is 1. The lowest BCUT2D eigenvalue weighted by Gasteiger charge is -2.54. The van der Waals surface area contributed by atoms with Gasteiger partial charge in [-0.15, -0.1) is 5.73 Å². The van der Waals surface area contributed by atoms with Gasteiger partial charge < -0.3 is 10.4 Å². The Labute approximate surface area is 227 Å². The van der Waals surface area contributed by atoms with E-state index in [2.05, 4.69) is 22.6 Å². The first kappa shape index (κ1) is 28.7. The van der Waals surface area contributed by atoms with E-state index in [1.807, 2.05) is 29.5 Å². The third-order valence-electron chi connectivity index (χ3n) is 6.58. The molecule has 0 saturated heterocycles. The fraction of sp³-hybridized carbons (Fsp3) is 0.385. The van der Waals surface area contributed by atoms with Gasteiger partial charge in [-0.25, -0.2) is 5.01 Å². The number of alkyl halides is 3. The number of halogens is 4. The summed E-state index contributed by atoms with van der Waals surface area (Å²) in [6.07, 6.45) is 1.00. The summed E-state index contributed by atoms with van der Waals surface area (Å²) < 4.78 is 41.2. The molecule has 2 aliphatic rings. The average Bonchev–Trinajstić information content (AvgIpc) is 2.79. The fourth-order valence-electron chi connectivity index (χ4n) is 4.48. The lowest BCUT2D eigenvalue weighted by atomic mass is 9.72. The molecule has 1 heterocycles. The molecule has 0 radical (unpaired) electrons. The van der Waals surface area contributed by atoms with Crippen LogP contribution in [0.4, 0.5) is 18.9 Å². The van der Waals surface area contributed by atoms with Crippen LogP contribution in [-0.2, 0) is 15.8 Å². The van der Waals surface area contributed by atoms with Crippen LogP contribution in [0.5, 0.6) is 0 Å². The zero-order valence-electron chi connectivity index (χ0n) is 20.7. The normalized spacial score (nSPS) is 18.6. The van der Waals surface area contributed by atoms with E-state index in [0.29, 0.717) is 29.4 Å². The van der Waals surface area contributed by atoms with Crippen LogP contribution < -0.4 is 5.32 Å². The third kappa shape index (κ3) is 5.53. The number of rotatable bonds is 7. The van der Waals surface area contributed by atoms with E-state index in [4.69, 9.17) is 0 Å². The molecule has 1 aromatic rings. The molecule has 1 aromatic carbocycles. The molecule has 7 nitrogen and oxygen atoms in total. The van der Waals surface area contributed by atoms with E-state index in [9.17, 15) is 27.9 Å². The molecule has 0 aromatic heterocycles. The Hall–Kier alpha value is -2.89. The molecule has 37 heavy (non-hydrogen) atoms. The van der Waals surface area contributed by atoms with Gasteiger partial charge in [0.1, 0.15) is 11.3 Å². The monoisotopic (exact) mass is 628 g/mol. The minimum absolute atomic E-state index is 0.00143. The maximum atomic E-state index is 13.5. The van der Waals surface area contributed by atoms with E-state index in [1.54, 1.807) is 12.1 Å². The summed E-state index contributed by atoms with van der Waals surface area (Å²) in [5.41, 5.74) is 0.565. The third-order valence-corrected chi connectivity index (χ3v) is 7.20. The lowest BCUT2D eigenvalue weighted by Crippen LogP contribution is -2.66. The standard InChI is InChI=1S/C26H28F3IN4O3/c1-5-8-17(30)15-20(31-3)18-14-16(26(27,28)29)9-10-19(18)32-23(36)21-22(35)25(11-7-12-25)33(4)34(13-6-2)24(21)37/h8-10,14-15,35H,1,6-7,11-13H2,2-4H3,(H,32,36)/b17-15+,31-20?. The number of hydrazine groups is 1. The van der Waals surface area contributed by atoms with Gasteiger partial charge >= 0.3 is 6.18 Å². The number of carbonyl (C=O) groups is 2. The summed E-state index contributed by atoms with van der Waals surface area (Å²) in [6, 6.07) is 2.84. The molecular formula is C26H28F3IN4O3. The van der Waals surface area contributed by atoms with Crippen molar-refractivity contribution in [2.24, 2.45) is 4.99 Å². The van der Waals surface area contributed by atoms with Crippen LogP contribution in [0.2, 0.25) is 0 Å². The Morgan fingerprint density at radius 3 is 2.57 bits per heavy atom. The number of nitrogens with zero attached hydrogens (tertiary/aromatic N) is 3. The lowest BCUT2D eigenvalue weighted by molar-refractivity contribution is -0.170. The number of hydrogen-bond acceptors (Lipinski definition) is 5. The van der Waals surface area contributed by atoms with Crippen molar-refractivity contribution in [1.82, 2.24) is 10.0 Å². The van der Waals surface area contributed by atoms with Crippen molar-refractivity contribution in [3.63, 3.8) is 0 Å². The Balaban J connectivity index is 2.10. The Morgan fingerprint density at radius 2 is 2.05 bits per heavy atom. The second kappa shape index (κ2) is 11.2. The first-order valence-electron chi connectivity index (χ1n) is 11.6. The molecule has 2 N–H and O–H groups in total. The Morgan fingerprint density at radius 1 is 1.38 bits per heavy atom. The summed E-state index contributed by atoms with van der Waals surface area (Å²) in [5, 5.41) is 16.8. The number of aliphatic imine (C=N–C) groups is 1. The van der Waals surface area contributed by atoms with E-state index in [-0.39, 0.29) is 22.7 Å². The molecule has 0 atom stereocenters. The molecule has 198 valence electrons. The van der Waals surface area contributed by atoms with Crippen molar-refractivity contribution >= 4 is 45.8 Å². The number of anilines is 1. The molecule has 3 rings (SSSR count). The van der Waals surface area contributed by atoms with Crippen LogP contribution >= 0.6 is 22.6 Å². The Kier molecular flexibility index (Phi) is 8.71. The van der Waals surface area contributed by atoms with Crippen molar-refractivity contribution in [2.45, 2.75) is 44.3 Å². The van der Waals surface area contributed by atoms with Gasteiger partial charge in [0.25, 0.3) is 11.8 Å². The van der Waals surface area contributed by atoms with Crippen molar-refractivity contribution < 1.29 is 27.9 Å². The highest BCUT2D eigenvalue weighted by Crippen LogP contribution is 2.46. The molecule has 1 aliphatic carbocycles. The van der Waals surface area contributed by atoms with Crippen LogP contribution in [0, 0.1) is 0 Å². The number of amides is 2. The van der Waals surface area contributed by atoms with Crippen LogP contribution in [-0.4, -0.2) is 58.8 Å². The predicted octanol–water partition coefficient (Wildman–Crippen LogP) is 5.56. The number of nitrogens with one attached hydrogen (secondary N) is 1. The van der Waals surface area contributed by atoms with E-state index in [0.717, 1.165) is 24.6 Å². The first-order valence-corrected chi connectivity index (χ1v) is 12.7. The highest BCUT2D eigenvalue weighted by atomic mass is 127. The summed E-state index contributed by atoms with van der Waals surface area (Å²) in [7, 11) is 3.12. The highest BCUT2D eigenvalue weighted by Gasteiger charge is 2.54. The minimum atomic E-state index is -4.63. The molecular weight excluding hydrogens is 600 g/mol. The number of carbonyl (C=O) groups excluding carboxylic acids is 2. The SMILES string of the molecule is C=C=C/C(I)=C\C(=NC)c1cc(C(F)(F)F)ccc1NC(=O)C1=C(O)C2(CCC2)N(C)N(CCC)C1=O. The smallest absolute Gasteiger partial charge is 0.416 e. The number of likely N-dealkylation sites (N-methyl/N-ethyl adjacent to an activating group) is 1. The van der Waals surface area contributed by atoms with Gasteiger partial charge in [0.2, 0.25) is 0 Å². The summed E-state index contributed by atoms with van der Waals surface area (Å²) in [5.74, 6) is -1.89. The zero-order chi connectivity index (χ0) is 27.5. The number of benzene rings is 1. The second-order valence-electron chi connectivity index (χ2n) is 8.76.